The number of nitrogens with zero attached hydrogens (tertiary/aromatic N) is 3. The molecular weight excluding hydrogens is 252 g/mol. The molecule has 0 aliphatic carbocycles. The number of hydrogen-bond acceptors (Lipinski definition) is 3. The molecule has 1 aromatic rings. The molecule has 20 heavy (non-hydrogen) atoms. The van der Waals surface area contributed by atoms with Gasteiger partial charge in [-0.3, -0.25) is 5.32 Å². The molecule has 0 saturated carbocycles. The lowest BCUT2D eigenvalue weighted by Crippen LogP contribution is -2.42. The van der Waals surface area contributed by atoms with E-state index in [4.69, 9.17) is 0 Å². The predicted molar refractivity (Wildman–Crippen MR) is 82.2 cm³/mol. The van der Waals surface area contributed by atoms with E-state index in [1.807, 2.05) is 42.1 Å². The fourth-order valence-corrected chi connectivity index (χ4v) is 2.51. The Hall–Kier alpha value is -1.78. The second kappa shape index (κ2) is 6.59. The molecule has 0 spiro atoms. The SMILES string of the molecule is CCC1CCCN(C(=O)Nc2cccc(N(C)C)n2)C1. The van der Waals surface area contributed by atoms with Crippen molar-refractivity contribution in [3.63, 3.8) is 0 Å². The van der Waals surface area contributed by atoms with Crippen LogP contribution in [0.1, 0.15) is 26.2 Å². The Morgan fingerprint density at radius 1 is 1.50 bits per heavy atom. The van der Waals surface area contributed by atoms with Gasteiger partial charge in [-0.15, -0.1) is 0 Å². The molecule has 1 saturated heterocycles. The van der Waals surface area contributed by atoms with Crippen LogP contribution in [0.15, 0.2) is 18.2 Å². The minimum absolute atomic E-state index is 0.0356. The number of carbonyl (C=O) groups is 1. The highest BCUT2D eigenvalue weighted by Gasteiger charge is 2.22. The summed E-state index contributed by atoms with van der Waals surface area (Å²) >= 11 is 0. The summed E-state index contributed by atoms with van der Waals surface area (Å²) < 4.78 is 0. The van der Waals surface area contributed by atoms with Crippen LogP contribution in [0.3, 0.4) is 0 Å². The number of hydrogen-bond donors (Lipinski definition) is 1. The van der Waals surface area contributed by atoms with E-state index in [2.05, 4.69) is 17.2 Å². The average molecular weight is 276 g/mol. The second-order valence-corrected chi connectivity index (χ2v) is 5.57. The van der Waals surface area contributed by atoms with E-state index >= 15 is 0 Å². The fourth-order valence-electron chi connectivity index (χ4n) is 2.51. The lowest BCUT2D eigenvalue weighted by atomic mass is 9.96. The molecular formula is C15H24N4O. The quantitative estimate of drug-likeness (QED) is 0.923. The number of carbonyl (C=O) groups excluding carboxylic acids is 1. The molecule has 1 unspecified atom stereocenters. The lowest BCUT2D eigenvalue weighted by molar-refractivity contribution is 0.176. The van der Waals surface area contributed by atoms with Crippen molar-refractivity contribution in [1.29, 1.82) is 0 Å². The first-order valence-electron chi connectivity index (χ1n) is 7.30. The lowest BCUT2D eigenvalue weighted by Gasteiger charge is -2.32. The summed E-state index contributed by atoms with van der Waals surface area (Å²) in [4.78, 5) is 20.5. The standard InChI is InChI=1S/C15H24N4O/c1-4-12-7-6-10-19(11-12)15(20)17-13-8-5-9-14(16-13)18(2)3/h5,8-9,12H,4,6-7,10-11H2,1-3H3,(H,16,17,20). The van der Waals surface area contributed by atoms with Crippen LogP contribution in [-0.2, 0) is 0 Å². The van der Waals surface area contributed by atoms with Crippen LogP contribution in [0.25, 0.3) is 0 Å². The molecule has 1 aliphatic heterocycles. The largest absolute Gasteiger partial charge is 0.363 e. The zero-order valence-electron chi connectivity index (χ0n) is 12.6. The van der Waals surface area contributed by atoms with Crippen LogP contribution in [0.4, 0.5) is 16.4 Å². The molecule has 0 bridgehead atoms. The molecule has 5 nitrogen and oxygen atoms in total. The van der Waals surface area contributed by atoms with E-state index in [0.717, 1.165) is 31.7 Å². The molecule has 0 aromatic carbocycles. The van der Waals surface area contributed by atoms with Gasteiger partial charge in [0.15, 0.2) is 0 Å². The van der Waals surface area contributed by atoms with Crippen molar-refractivity contribution < 1.29 is 4.79 Å². The zero-order chi connectivity index (χ0) is 14.5. The molecule has 1 atom stereocenters. The third-order valence-corrected chi connectivity index (χ3v) is 3.81. The third-order valence-electron chi connectivity index (χ3n) is 3.81. The summed E-state index contributed by atoms with van der Waals surface area (Å²) in [6.07, 6.45) is 3.46. The fraction of sp³-hybridized carbons (Fsp3) is 0.600. The van der Waals surface area contributed by atoms with Crippen LogP contribution in [0, 0.1) is 5.92 Å². The van der Waals surface area contributed by atoms with Gasteiger partial charge in [-0.1, -0.05) is 19.4 Å². The highest BCUT2D eigenvalue weighted by atomic mass is 16.2. The summed E-state index contributed by atoms with van der Waals surface area (Å²) in [6, 6.07) is 5.62. The molecule has 5 heteroatoms. The number of aromatic nitrogens is 1. The maximum Gasteiger partial charge on any atom is 0.323 e. The number of piperidine rings is 1. The Kier molecular flexibility index (Phi) is 4.82. The highest BCUT2D eigenvalue weighted by molar-refractivity contribution is 5.88. The van der Waals surface area contributed by atoms with Crippen molar-refractivity contribution in [3.05, 3.63) is 18.2 Å². The minimum Gasteiger partial charge on any atom is -0.363 e. The Balaban J connectivity index is 1.98. The third kappa shape index (κ3) is 3.62. The van der Waals surface area contributed by atoms with Crippen molar-refractivity contribution in [2.24, 2.45) is 5.92 Å². The summed E-state index contributed by atoms with van der Waals surface area (Å²) in [5.41, 5.74) is 0. The van der Waals surface area contributed by atoms with Crippen LogP contribution in [0.2, 0.25) is 0 Å². The number of nitrogens with one attached hydrogen (secondary N) is 1. The van der Waals surface area contributed by atoms with Crippen molar-refractivity contribution in [2.45, 2.75) is 26.2 Å². The van der Waals surface area contributed by atoms with E-state index in [1.165, 1.54) is 6.42 Å². The Bertz CT molecular complexity index is 461. The van der Waals surface area contributed by atoms with Gasteiger partial charge in [0.1, 0.15) is 11.6 Å². The Morgan fingerprint density at radius 3 is 3.00 bits per heavy atom. The summed E-state index contributed by atoms with van der Waals surface area (Å²) in [7, 11) is 3.87. The van der Waals surface area contributed by atoms with E-state index < -0.39 is 0 Å². The van der Waals surface area contributed by atoms with Gasteiger partial charge in [-0.25, -0.2) is 9.78 Å². The predicted octanol–water partition coefficient (Wildman–Crippen LogP) is 2.80. The molecule has 1 aromatic heterocycles. The average Bonchev–Trinajstić information content (AvgIpc) is 2.47. The summed E-state index contributed by atoms with van der Waals surface area (Å²) in [5, 5.41) is 2.90. The van der Waals surface area contributed by atoms with E-state index in [0.29, 0.717) is 11.7 Å². The van der Waals surface area contributed by atoms with Crippen molar-refractivity contribution in [2.75, 3.05) is 37.4 Å². The molecule has 2 rings (SSSR count). The van der Waals surface area contributed by atoms with E-state index in [1.54, 1.807) is 0 Å². The number of anilines is 2. The number of likely N-dealkylation sites (tertiary alicyclic amines) is 1. The Labute approximate surface area is 121 Å². The monoisotopic (exact) mass is 276 g/mol. The van der Waals surface area contributed by atoms with Crippen molar-refractivity contribution >= 4 is 17.7 Å². The van der Waals surface area contributed by atoms with E-state index in [9.17, 15) is 4.79 Å². The summed E-state index contributed by atoms with van der Waals surface area (Å²) in [6.45, 7) is 3.89. The smallest absolute Gasteiger partial charge is 0.323 e. The van der Waals surface area contributed by atoms with Gasteiger partial charge in [0, 0.05) is 27.2 Å². The number of pyridine rings is 1. The summed E-state index contributed by atoms with van der Waals surface area (Å²) in [5.74, 6) is 2.09. The number of urea groups is 1. The van der Waals surface area contributed by atoms with Gasteiger partial charge < -0.3 is 9.80 Å². The van der Waals surface area contributed by atoms with Gasteiger partial charge >= 0.3 is 6.03 Å². The van der Waals surface area contributed by atoms with Gasteiger partial charge in [0.25, 0.3) is 0 Å². The number of amides is 2. The molecule has 1 N–H and O–H groups in total. The van der Waals surface area contributed by atoms with Crippen LogP contribution < -0.4 is 10.2 Å². The first-order valence-corrected chi connectivity index (χ1v) is 7.30. The number of rotatable bonds is 3. The minimum atomic E-state index is -0.0356. The van der Waals surface area contributed by atoms with Gasteiger partial charge in [0.2, 0.25) is 0 Å². The molecule has 1 aliphatic rings. The molecule has 0 radical (unpaired) electrons. The Morgan fingerprint density at radius 2 is 2.30 bits per heavy atom. The zero-order valence-corrected chi connectivity index (χ0v) is 12.6. The molecule has 1 fully saturated rings. The normalized spacial score (nSPS) is 18.8. The topological polar surface area (TPSA) is 48.5 Å². The first kappa shape index (κ1) is 14.6. The van der Waals surface area contributed by atoms with Crippen LogP contribution in [0.5, 0.6) is 0 Å². The maximum absolute atomic E-state index is 12.3. The van der Waals surface area contributed by atoms with Crippen LogP contribution >= 0.6 is 0 Å². The highest BCUT2D eigenvalue weighted by Crippen LogP contribution is 2.20. The van der Waals surface area contributed by atoms with Gasteiger partial charge in [-0.05, 0) is 30.9 Å². The molecule has 110 valence electrons. The van der Waals surface area contributed by atoms with Crippen LogP contribution in [-0.4, -0.2) is 43.1 Å². The second-order valence-electron chi connectivity index (χ2n) is 5.57. The van der Waals surface area contributed by atoms with Crippen molar-refractivity contribution in [1.82, 2.24) is 9.88 Å². The first-order chi connectivity index (χ1) is 9.60. The molecule has 2 amide bonds. The van der Waals surface area contributed by atoms with Gasteiger partial charge in [-0.2, -0.15) is 0 Å². The molecule has 2 heterocycles. The van der Waals surface area contributed by atoms with Gasteiger partial charge in [0.05, 0.1) is 0 Å². The maximum atomic E-state index is 12.3. The van der Waals surface area contributed by atoms with Crippen molar-refractivity contribution in [3.8, 4) is 0 Å². The van der Waals surface area contributed by atoms with E-state index in [-0.39, 0.29) is 6.03 Å².